The average molecular weight is 823 g/mol. The highest BCUT2D eigenvalue weighted by Gasteiger charge is 2.34. The summed E-state index contributed by atoms with van der Waals surface area (Å²) in [7, 11) is -2.09. The van der Waals surface area contributed by atoms with E-state index in [0.717, 1.165) is 11.4 Å². The van der Waals surface area contributed by atoms with E-state index in [1.807, 2.05) is 0 Å². The fraction of sp³-hybridized carbons (Fsp3) is 0. The van der Waals surface area contributed by atoms with E-state index < -0.39 is 10.0 Å². The second-order valence-electron chi connectivity index (χ2n) is 16.1. The molecule has 12 aromatic rings. The van der Waals surface area contributed by atoms with Crippen LogP contribution in [0.1, 0.15) is 0 Å². The SMILES string of the molecule is c1ccc(-c2cccc(S(c3ccccc3)(c3cccc(-c4ccccc4)c3)c3cccc(-n4c5ccccc5c5cc(-n6c7ccccc7c7ccccc76)ccc54)c3)c2)cc1. The van der Waals surface area contributed by atoms with Gasteiger partial charge in [-0.15, -0.1) is 10.0 Å². The van der Waals surface area contributed by atoms with Gasteiger partial charge in [0.05, 0.1) is 22.1 Å². The first-order valence-corrected chi connectivity index (χ1v) is 23.2. The molecule has 0 aliphatic heterocycles. The van der Waals surface area contributed by atoms with Gasteiger partial charge in [-0.1, -0.05) is 164 Å². The molecule has 3 heteroatoms. The summed E-state index contributed by atoms with van der Waals surface area (Å²) in [6.45, 7) is 0. The summed E-state index contributed by atoms with van der Waals surface area (Å²) in [6, 6.07) is 94.1. The Morgan fingerprint density at radius 3 is 1.11 bits per heavy atom. The Morgan fingerprint density at radius 2 is 0.587 bits per heavy atom. The number of hydrogen-bond acceptors (Lipinski definition) is 0. The van der Waals surface area contributed by atoms with Crippen LogP contribution in [0.15, 0.2) is 274 Å². The summed E-state index contributed by atoms with van der Waals surface area (Å²) < 4.78 is 4.89. The summed E-state index contributed by atoms with van der Waals surface area (Å²) in [4.78, 5) is 5.14. The standard InChI is InChI=1S/C60H42N2S/c1-4-19-43(20-5-1)45-23-16-28-50(39-45)63(49-26-8-3-9-27-49,51-29-17-24-46(40-51)44-21-6-2-7-22-44)52-30-18-25-47(41-52)61-59-36-15-12-33-55(59)56-42-48(37-38-60(56)61)62-57-34-13-10-31-53(57)54-32-11-14-35-58(54)62/h1-42H. The van der Waals surface area contributed by atoms with Crippen molar-refractivity contribution in [2.45, 2.75) is 19.6 Å². The van der Waals surface area contributed by atoms with Crippen LogP contribution in [0.2, 0.25) is 0 Å². The van der Waals surface area contributed by atoms with Gasteiger partial charge in [-0.05, 0) is 113 Å². The van der Waals surface area contributed by atoms with Crippen LogP contribution in [0, 0.1) is 0 Å². The van der Waals surface area contributed by atoms with Gasteiger partial charge in [0.2, 0.25) is 0 Å². The fourth-order valence-electron chi connectivity index (χ4n) is 9.83. The Hall–Kier alpha value is -7.85. The molecule has 0 saturated heterocycles. The second kappa shape index (κ2) is 15.3. The first kappa shape index (κ1) is 37.0. The molecule has 0 bridgehead atoms. The molecular weight excluding hydrogens is 781 g/mol. The van der Waals surface area contributed by atoms with E-state index in [0.29, 0.717) is 0 Å². The molecule has 2 nitrogen and oxygen atoms in total. The van der Waals surface area contributed by atoms with Crippen LogP contribution >= 0.6 is 10.0 Å². The molecular formula is C60H42N2S. The van der Waals surface area contributed by atoms with Crippen LogP contribution in [0.3, 0.4) is 0 Å². The third kappa shape index (κ3) is 6.04. The van der Waals surface area contributed by atoms with Crippen LogP contribution in [-0.2, 0) is 0 Å². The molecule has 0 unspecified atom stereocenters. The van der Waals surface area contributed by atoms with Crippen LogP contribution in [0.25, 0.3) is 77.2 Å². The Balaban J connectivity index is 1.12. The smallest absolute Gasteiger partial charge is 0.0542 e. The van der Waals surface area contributed by atoms with Crippen LogP contribution in [-0.4, -0.2) is 9.13 Å². The normalized spacial score (nSPS) is 12.1. The number of hydrogen-bond donors (Lipinski definition) is 0. The molecule has 0 aliphatic carbocycles. The third-order valence-electron chi connectivity index (χ3n) is 12.6. The summed E-state index contributed by atoms with van der Waals surface area (Å²) >= 11 is 0. The zero-order chi connectivity index (χ0) is 41.7. The minimum atomic E-state index is -2.09. The van der Waals surface area contributed by atoms with Crippen LogP contribution < -0.4 is 0 Å². The van der Waals surface area contributed by atoms with E-state index in [1.165, 1.54) is 85.4 Å². The zero-order valence-corrected chi connectivity index (χ0v) is 35.4. The fourth-order valence-corrected chi connectivity index (χ4v) is 13.8. The van der Waals surface area contributed by atoms with Gasteiger partial charge in [0.25, 0.3) is 0 Å². The van der Waals surface area contributed by atoms with Crippen molar-refractivity contribution in [3.8, 4) is 33.6 Å². The molecule has 0 radical (unpaired) electrons. The van der Waals surface area contributed by atoms with Crippen molar-refractivity contribution in [2.75, 3.05) is 0 Å². The van der Waals surface area contributed by atoms with E-state index in [9.17, 15) is 0 Å². The van der Waals surface area contributed by atoms with E-state index in [-0.39, 0.29) is 0 Å². The van der Waals surface area contributed by atoms with Gasteiger partial charge in [0.1, 0.15) is 0 Å². The minimum Gasteiger partial charge on any atom is -0.309 e. The van der Waals surface area contributed by atoms with Gasteiger partial charge < -0.3 is 9.13 Å². The van der Waals surface area contributed by atoms with Crippen molar-refractivity contribution in [1.82, 2.24) is 9.13 Å². The Morgan fingerprint density at radius 1 is 0.222 bits per heavy atom. The number of para-hydroxylation sites is 3. The molecule has 2 aromatic heterocycles. The highest BCUT2D eigenvalue weighted by atomic mass is 32.3. The second-order valence-corrected chi connectivity index (χ2v) is 19.2. The summed E-state index contributed by atoms with van der Waals surface area (Å²) in [5, 5.41) is 4.98. The number of benzene rings is 10. The Kier molecular flexibility index (Phi) is 8.95. The average Bonchev–Trinajstić information content (AvgIpc) is 3.88. The summed E-state index contributed by atoms with van der Waals surface area (Å²) in [5.41, 5.74) is 11.9. The summed E-state index contributed by atoms with van der Waals surface area (Å²) in [5.74, 6) is 0. The quantitative estimate of drug-likeness (QED) is 0.144. The highest BCUT2D eigenvalue weighted by molar-refractivity contribution is 8.34. The van der Waals surface area contributed by atoms with Gasteiger partial charge in [0, 0.05) is 52.5 Å². The Bertz CT molecular complexity index is 3490. The number of rotatable bonds is 8. The number of aromatic nitrogens is 2. The van der Waals surface area contributed by atoms with E-state index in [1.54, 1.807) is 0 Å². The molecule has 12 rings (SSSR count). The largest absolute Gasteiger partial charge is 0.309 e. The van der Waals surface area contributed by atoms with E-state index >= 15 is 0 Å². The predicted octanol–water partition coefficient (Wildman–Crippen LogP) is 16.6. The molecule has 0 N–H and O–H groups in total. The van der Waals surface area contributed by atoms with Gasteiger partial charge in [0.15, 0.2) is 0 Å². The van der Waals surface area contributed by atoms with Gasteiger partial charge in [-0.2, -0.15) is 0 Å². The predicted molar refractivity (Wildman–Crippen MR) is 266 cm³/mol. The number of nitrogens with zero attached hydrogens (tertiary/aromatic N) is 2. The van der Waals surface area contributed by atoms with E-state index in [4.69, 9.17) is 0 Å². The maximum Gasteiger partial charge on any atom is 0.0542 e. The van der Waals surface area contributed by atoms with Gasteiger partial charge in [-0.25, -0.2) is 0 Å². The molecule has 298 valence electrons. The molecule has 0 saturated carbocycles. The molecule has 63 heavy (non-hydrogen) atoms. The van der Waals surface area contributed by atoms with E-state index in [2.05, 4.69) is 264 Å². The maximum absolute atomic E-state index is 2.47. The van der Waals surface area contributed by atoms with Crippen molar-refractivity contribution < 1.29 is 0 Å². The lowest BCUT2D eigenvalue weighted by Crippen LogP contribution is -2.07. The first-order valence-electron chi connectivity index (χ1n) is 21.6. The molecule has 0 amide bonds. The van der Waals surface area contributed by atoms with Gasteiger partial charge in [-0.3, -0.25) is 0 Å². The molecule has 2 heterocycles. The molecule has 0 fully saturated rings. The van der Waals surface area contributed by atoms with Crippen molar-refractivity contribution >= 4 is 53.6 Å². The lowest BCUT2D eigenvalue weighted by Gasteiger charge is -2.42. The van der Waals surface area contributed by atoms with Crippen LogP contribution in [0.5, 0.6) is 0 Å². The third-order valence-corrected chi connectivity index (χ3v) is 16.5. The zero-order valence-electron chi connectivity index (χ0n) is 34.6. The minimum absolute atomic E-state index is 1.13. The summed E-state index contributed by atoms with van der Waals surface area (Å²) in [6.07, 6.45) is 0. The highest BCUT2D eigenvalue weighted by Crippen LogP contribution is 2.74. The van der Waals surface area contributed by atoms with Gasteiger partial charge >= 0.3 is 0 Å². The Labute approximate surface area is 368 Å². The molecule has 10 aromatic carbocycles. The monoisotopic (exact) mass is 822 g/mol. The topological polar surface area (TPSA) is 9.86 Å². The van der Waals surface area contributed by atoms with Crippen molar-refractivity contribution in [3.63, 3.8) is 0 Å². The molecule has 0 aliphatic rings. The lowest BCUT2D eigenvalue weighted by atomic mass is 10.1. The van der Waals surface area contributed by atoms with Crippen LogP contribution in [0.4, 0.5) is 0 Å². The maximum atomic E-state index is 2.47. The first-order chi connectivity index (χ1) is 31.3. The van der Waals surface area contributed by atoms with Crippen molar-refractivity contribution in [3.05, 3.63) is 255 Å². The molecule has 0 atom stereocenters. The lowest BCUT2D eigenvalue weighted by molar-refractivity contribution is 1.14. The van der Waals surface area contributed by atoms with Crippen molar-refractivity contribution in [2.24, 2.45) is 0 Å². The van der Waals surface area contributed by atoms with Crippen molar-refractivity contribution in [1.29, 1.82) is 0 Å². The number of fused-ring (bicyclic) bond motifs is 6. The molecule has 0 spiro atoms.